The highest BCUT2D eigenvalue weighted by atomic mass is 16.5. The second-order valence-corrected chi connectivity index (χ2v) is 8.86. The van der Waals surface area contributed by atoms with Gasteiger partial charge in [-0.25, -0.2) is 0 Å². The molecule has 0 aliphatic carbocycles. The molecule has 0 atom stereocenters. The molecule has 0 amide bonds. The number of aryl methyl sites for hydroxylation is 2. The minimum atomic E-state index is 0.833. The van der Waals surface area contributed by atoms with Crippen molar-refractivity contribution in [3.05, 3.63) is 132 Å². The van der Waals surface area contributed by atoms with Crippen LogP contribution in [0.4, 0.5) is 17.1 Å². The van der Waals surface area contributed by atoms with Gasteiger partial charge in [-0.2, -0.15) is 0 Å². The van der Waals surface area contributed by atoms with Crippen molar-refractivity contribution in [1.82, 2.24) is 0 Å². The predicted molar refractivity (Wildman–Crippen MR) is 148 cm³/mol. The van der Waals surface area contributed by atoms with Crippen LogP contribution in [-0.4, -0.2) is 7.11 Å². The van der Waals surface area contributed by atoms with E-state index in [1.165, 1.54) is 33.4 Å². The van der Waals surface area contributed by atoms with Gasteiger partial charge >= 0.3 is 0 Å². The van der Waals surface area contributed by atoms with Gasteiger partial charge < -0.3 is 9.64 Å². The van der Waals surface area contributed by atoms with Gasteiger partial charge in [0.25, 0.3) is 0 Å². The van der Waals surface area contributed by atoms with Crippen LogP contribution in [0, 0.1) is 13.8 Å². The number of ether oxygens (including phenoxy) is 1. The largest absolute Gasteiger partial charge is 0.497 e. The summed E-state index contributed by atoms with van der Waals surface area (Å²) in [6.07, 6.45) is 0. The second kappa shape index (κ2) is 9.90. The summed E-state index contributed by atoms with van der Waals surface area (Å²) in [4.78, 5) is 2.26. The van der Waals surface area contributed by atoms with Gasteiger partial charge in [-0.3, -0.25) is 0 Å². The van der Waals surface area contributed by atoms with Crippen molar-refractivity contribution in [2.24, 2.45) is 0 Å². The van der Waals surface area contributed by atoms with E-state index in [-0.39, 0.29) is 0 Å². The molecule has 0 N–H and O–H groups in total. The third-order valence-electron chi connectivity index (χ3n) is 6.33. The number of anilines is 3. The molecule has 5 aromatic carbocycles. The molecule has 0 aromatic heterocycles. The van der Waals surface area contributed by atoms with E-state index >= 15 is 0 Å². The van der Waals surface area contributed by atoms with Crippen LogP contribution in [0.15, 0.2) is 121 Å². The van der Waals surface area contributed by atoms with E-state index in [1.54, 1.807) is 7.11 Å². The summed E-state index contributed by atoms with van der Waals surface area (Å²) in [7, 11) is 1.70. The SMILES string of the molecule is COc1cccc(N(c2ccc(-c3ccc(C)cc3)cc2)c2ccc(-c3ccc(C)cc3)cc2)c1. The summed E-state index contributed by atoms with van der Waals surface area (Å²) < 4.78 is 5.52. The zero-order chi connectivity index (χ0) is 24.2. The summed E-state index contributed by atoms with van der Waals surface area (Å²) in [6.45, 7) is 4.23. The Morgan fingerprint density at radius 2 is 0.857 bits per heavy atom. The molecule has 0 unspecified atom stereocenters. The van der Waals surface area contributed by atoms with Gasteiger partial charge in [0.05, 0.1) is 7.11 Å². The Labute approximate surface area is 208 Å². The molecule has 0 heterocycles. The molecular formula is C33H29NO. The van der Waals surface area contributed by atoms with Crippen LogP contribution >= 0.6 is 0 Å². The second-order valence-electron chi connectivity index (χ2n) is 8.86. The van der Waals surface area contributed by atoms with Crippen molar-refractivity contribution in [3.63, 3.8) is 0 Å². The zero-order valence-corrected chi connectivity index (χ0v) is 20.4. The molecule has 0 aliphatic heterocycles. The molecule has 0 fully saturated rings. The molecule has 0 radical (unpaired) electrons. The van der Waals surface area contributed by atoms with E-state index in [1.807, 2.05) is 12.1 Å². The van der Waals surface area contributed by atoms with E-state index in [2.05, 4.69) is 128 Å². The highest BCUT2D eigenvalue weighted by Gasteiger charge is 2.14. The maximum Gasteiger partial charge on any atom is 0.120 e. The fraction of sp³-hybridized carbons (Fsp3) is 0.0909. The van der Waals surface area contributed by atoms with Crippen molar-refractivity contribution >= 4 is 17.1 Å². The van der Waals surface area contributed by atoms with E-state index in [0.29, 0.717) is 0 Å². The Bertz CT molecular complexity index is 1310. The Balaban J connectivity index is 1.53. The summed E-state index contributed by atoms with van der Waals surface area (Å²) in [6, 6.07) is 43.0. The molecule has 172 valence electrons. The lowest BCUT2D eigenvalue weighted by molar-refractivity contribution is 0.415. The fourth-order valence-corrected chi connectivity index (χ4v) is 4.29. The minimum Gasteiger partial charge on any atom is -0.497 e. The van der Waals surface area contributed by atoms with Crippen LogP contribution in [-0.2, 0) is 0 Å². The predicted octanol–water partition coefficient (Wildman–Crippen LogP) is 9.12. The first-order chi connectivity index (χ1) is 17.1. The maximum absolute atomic E-state index is 5.52. The van der Waals surface area contributed by atoms with Gasteiger partial charge in [0.2, 0.25) is 0 Å². The lowest BCUT2D eigenvalue weighted by Crippen LogP contribution is -2.10. The Morgan fingerprint density at radius 1 is 0.457 bits per heavy atom. The van der Waals surface area contributed by atoms with E-state index in [9.17, 15) is 0 Å². The highest BCUT2D eigenvalue weighted by Crippen LogP contribution is 2.37. The van der Waals surface area contributed by atoms with Crippen LogP contribution in [0.5, 0.6) is 5.75 Å². The van der Waals surface area contributed by atoms with Crippen molar-refractivity contribution in [1.29, 1.82) is 0 Å². The molecule has 5 aromatic rings. The van der Waals surface area contributed by atoms with Crippen LogP contribution in [0.2, 0.25) is 0 Å². The van der Waals surface area contributed by atoms with Crippen molar-refractivity contribution < 1.29 is 4.74 Å². The van der Waals surface area contributed by atoms with Crippen LogP contribution in [0.1, 0.15) is 11.1 Å². The average Bonchev–Trinajstić information content (AvgIpc) is 2.91. The number of hydrogen-bond acceptors (Lipinski definition) is 2. The van der Waals surface area contributed by atoms with Gasteiger partial charge in [-0.1, -0.05) is 90.0 Å². The lowest BCUT2D eigenvalue weighted by atomic mass is 10.0. The third-order valence-corrected chi connectivity index (χ3v) is 6.33. The molecule has 0 saturated heterocycles. The molecule has 2 heteroatoms. The normalized spacial score (nSPS) is 10.7. The topological polar surface area (TPSA) is 12.5 Å². The van der Waals surface area contributed by atoms with Crippen molar-refractivity contribution in [2.45, 2.75) is 13.8 Å². The van der Waals surface area contributed by atoms with E-state index in [0.717, 1.165) is 22.8 Å². The quantitative estimate of drug-likeness (QED) is 0.253. The number of benzene rings is 5. The zero-order valence-electron chi connectivity index (χ0n) is 20.4. The minimum absolute atomic E-state index is 0.833. The summed E-state index contributed by atoms with van der Waals surface area (Å²) in [5, 5.41) is 0. The van der Waals surface area contributed by atoms with Gasteiger partial charge in [0.15, 0.2) is 0 Å². The van der Waals surface area contributed by atoms with Gasteiger partial charge in [-0.05, 0) is 72.5 Å². The summed E-state index contributed by atoms with van der Waals surface area (Å²) in [5.74, 6) is 0.833. The van der Waals surface area contributed by atoms with Crippen LogP contribution in [0.25, 0.3) is 22.3 Å². The monoisotopic (exact) mass is 455 g/mol. The molecule has 2 nitrogen and oxygen atoms in total. The lowest BCUT2D eigenvalue weighted by Gasteiger charge is -2.26. The summed E-state index contributed by atoms with van der Waals surface area (Å²) in [5.41, 5.74) is 10.6. The first kappa shape index (κ1) is 22.5. The van der Waals surface area contributed by atoms with E-state index < -0.39 is 0 Å². The smallest absolute Gasteiger partial charge is 0.120 e. The number of nitrogens with zero attached hydrogens (tertiary/aromatic N) is 1. The molecule has 0 spiro atoms. The molecule has 35 heavy (non-hydrogen) atoms. The third kappa shape index (κ3) is 4.97. The van der Waals surface area contributed by atoms with E-state index in [4.69, 9.17) is 4.74 Å². The number of hydrogen-bond donors (Lipinski definition) is 0. The van der Waals surface area contributed by atoms with Crippen molar-refractivity contribution in [2.75, 3.05) is 12.0 Å². The average molecular weight is 456 g/mol. The molecule has 0 bridgehead atoms. The number of rotatable bonds is 6. The maximum atomic E-state index is 5.52. The first-order valence-corrected chi connectivity index (χ1v) is 11.9. The van der Waals surface area contributed by atoms with Crippen LogP contribution < -0.4 is 9.64 Å². The summed E-state index contributed by atoms with van der Waals surface area (Å²) >= 11 is 0. The Kier molecular flexibility index (Phi) is 6.36. The first-order valence-electron chi connectivity index (χ1n) is 11.9. The molecular weight excluding hydrogens is 426 g/mol. The highest BCUT2D eigenvalue weighted by molar-refractivity contribution is 5.80. The van der Waals surface area contributed by atoms with Gasteiger partial charge in [0.1, 0.15) is 5.75 Å². The Hall–Kier alpha value is -4.30. The molecule has 0 aliphatic rings. The van der Waals surface area contributed by atoms with Gasteiger partial charge in [0, 0.05) is 23.1 Å². The fourth-order valence-electron chi connectivity index (χ4n) is 4.29. The molecule has 5 rings (SSSR count). The molecule has 0 saturated carbocycles. The number of methoxy groups -OCH3 is 1. The van der Waals surface area contributed by atoms with Crippen LogP contribution in [0.3, 0.4) is 0 Å². The Morgan fingerprint density at radius 3 is 1.26 bits per heavy atom. The van der Waals surface area contributed by atoms with Gasteiger partial charge in [-0.15, -0.1) is 0 Å². The standard InChI is InChI=1S/C33H29NO/c1-24-7-11-26(12-8-24)28-15-19-30(20-16-28)34(32-5-4-6-33(23-32)35-3)31-21-17-29(18-22-31)27-13-9-25(2)10-14-27/h4-23H,1-3H3. The van der Waals surface area contributed by atoms with Crippen molar-refractivity contribution in [3.8, 4) is 28.0 Å².